The third kappa shape index (κ3) is 5.85. The molecule has 0 aromatic carbocycles. The van der Waals surface area contributed by atoms with Crippen molar-refractivity contribution >= 4 is 26.0 Å². The number of aromatic nitrogens is 2. The third-order valence-corrected chi connectivity index (χ3v) is 7.35. The van der Waals surface area contributed by atoms with Crippen molar-refractivity contribution in [2.45, 2.75) is 85.2 Å². The Labute approximate surface area is 206 Å². The van der Waals surface area contributed by atoms with E-state index in [1.165, 1.54) is 18.6 Å². The summed E-state index contributed by atoms with van der Waals surface area (Å²) in [5.41, 5.74) is -0.721. The number of amides is 3. The molecule has 2 fully saturated rings. The molecule has 35 heavy (non-hydrogen) atoms. The number of piperidine rings is 1. The summed E-state index contributed by atoms with van der Waals surface area (Å²) in [7, 11) is -2.89. The maximum atomic E-state index is 14.0. The quantitative estimate of drug-likeness (QED) is 0.339. The van der Waals surface area contributed by atoms with E-state index in [-0.39, 0.29) is 29.0 Å². The highest BCUT2D eigenvalue weighted by molar-refractivity contribution is 7.32. The Morgan fingerprint density at radius 3 is 2.51 bits per heavy atom. The summed E-state index contributed by atoms with van der Waals surface area (Å²) in [5.74, 6) is -1.18. The monoisotopic (exact) mass is 508 g/mol. The molecule has 3 amide bonds. The van der Waals surface area contributed by atoms with Crippen molar-refractivity contribution in [3.8, 4) is 0 Å². The fourth-order valence-electron chi connectivity index (χ4n) is 4.97. The van der Waals surface area contributed by atoms with Crippen molar-refractivity contribution < 1.29 is 28.4 Å². The minimum atomic E-state index is -2.89. The average molecular weight is 509 g/mol. The Morgan fingerprint density at radius 2 is 1.97 bits per heavy atom. The number of fused-ring (bicyclic) bond motifs is 1. The zero-order chi connectivity index (χ0) is 26.1. The van der Waals surface area contributed by atoms with Gasteiger partial charge in [0.2, 0.25) is 11.8 Å². The van der Waals surface area contributed by atoms with Crippen LogP contribution < -0.4 is 10.6 Å². The van der Waals surface area contributed by atoms with Gasteiger partial charge in [0.15, 0.2) is 6.23 Å². The minimum absolute atomic E-state index is 0.0903. The van der Waals surface area contributed by atoms with E-state index in [9.17, 15) is 18.9 Å². The molecular formula is C23H35N5O6P+. The van der Waals surface area contributed by atoms with Crippen molar-refractivity contribution in [2.24, 2.45) is 16.7 Å². The second-order valence-electron chi connectivity index (χ2n) is 10.9. The topological polar surface area (TPSA) is 151 Å². The number of carbonyl (C=O) groups is 3. The fraction of sp³-hybridized carbons (Fsp3) is 0.696. The van der Waals surface area contributed by atoms with Crippen LogP contribution in [0.2, 0.25) is 0 Å². The van der Waals surface area contributed by atoms with Crippen LogP contribution in [0.25, 0.3) is 0 Å². The lowest BCUT2D eigenvalue weighted by atomic mass is 9.85. The Balaban J connectivity index is 1.85. The van der Waals surface area contributed by atoms with Crippen molar-refractivity contribution in [1.29, 1.82) is 0 Å². The smallest absolute Gasteiger partial charge is 0.338 e. The van der Waals surface area contributed by atoms with Crippen molar-refractivity contribution in [2.75, 3.05) is 0 Å². The van der Waals surface area contributed by atoms with Crippen LogP contribution in [0, 0.1) is 16.7 Å². The van der Waals surface area contributed by atoms with Gasteiger partial charge in [-0.25, -0.2) is 4.98 Å². The predicted octanol–water partition coefficient (Wildman–Crippen LogP) is 2.16. The fourth-order valence-corrected chi connectivity index (χ4v) is 5.34. The van der Waals surface area contributed by atoms with Crippen LogP contribution in [-0.2, 0) is 18.7 Å². The van der Waals surface area contributed by atoms with Crippen LogP contribution in [-0.4, -0.2) is 61.8 Å². The second kappa shape index (κ2) is 10.2. The molecule has 3 rings (SSSR count). The number of rotatable bonds is 9. The molecule has 12 heteroatoms. The van der Waals surface area contributed by atoms with E-state index in [1.807, 2.05) is 27.7 Å². The standard InChI is InChI=1S/C23H34N5O6P/c1-7-8-16(34-35(32)33)26-20(30)15-11-13-18(23(13,5)6)28(15)21(31)17(22(2,3)4)27-19(29)14-12-24-9-10-25-14/h9-10,12-13,15-18H,7-8,11H2,1-6H3,(H2-,26,27,29,30,32,33)/p+1/t13-,15?,16+,17+,18+/m0/s1. The molecular weight excluding hydrogens is 473 g/mol. The summed E-state index contributed by atoms with van der Waals surface area (Å²) < 4.78 is 16.1. The van der Waals surface area contributed by atoms with Gasteiger partial charge in [-0.05, 0) is 29.6 Å². The van der Waals surface area contributed by atoms with Gasteiger partial charge in [-0.15, -0.1) is 4.89 Å². The second-order valence-corrected chi connectivity index (χ2v) is 11.5. The van der Waals surface area contributed by atoms with Crippen LogP contribution in [0.5, 0.6) is 0 Å². The van der Waals surface area contributed by atoms with E-state index in [1.54, 1.807) is 4.90 Å². The van der Waals surface area contributed by atoms with Gasteiger partial charge in [-0.2, -0.15) is 0 Å². The molecule has 1 aromatic rings. The van der Waals surface area contributed by atoms with Gasteiger partial charge < -0.3 is 15.5 Å². The first-order valence-electron chi connectivity index (χ1n) is 11.8. The molecule has 1 aliphatic heterocycles. The Kier molecular flexibility index (Phi) is 7.93. The van der Waals surface area contributed by atoms with Crippen LogP contribution in [0.4, 0.5) is 0 Å². The molecule has 2 unspecified atom stereocenters. The molecule has 6 atom stereocenters. The number of nitrogens with zero attached hydrogens (tertiary/aromatic N) is 3. The Morgan fingerprint density at radius 1 is 1.29 bits per heavy atom. The predicted molar refractivity (Wildman–Crippen MR) is 127 cm³/mol. The van der Waals surface area contributed by atoms with Gasteiger partial charge in [0.05, 0.1) is 6.20 Å². The molecule has 1 aromatic heterocycles. The van der Waals surface area contributed by atoms with Gasteiger partial charge >= 0.3 is 8.25 Å². The SMILES string of the molecule is CCC[C@H](NC(=O)C1C[C@H]2[C@@H](N1C(=O)[C@@H](NC(=O)c1cnccn1)C(C)(C)C)C2(C)C)O[P+](=O)O. The zero-order valence-corrected chi connectivity index (χ0v) is 21.9. The van der Waals surface area contributed by atoms with Crippen molar-refractivity contribution in [3.63, 3.8) is 0 Å². The maximum absolute atomic E-state index is 14.0. The summed E-state index contributed by atoms with van der Waals surface area (Å²) in [6.45, 7) is 11.5. The number of nitrogens with one attached hydrogen (secondary N) is 2. The molecule has 0 bridgehead atoms. The highest BCUT2D eigenvalue weighted by atomic mass is 31.1. The summed E-state index contributed by atoms with van der Waals surface area (Å²) in [4.78, 5) is 58.7. The van der Waals surface area contributed by atoms with Crippen molar-refractivity contribution in [3.05, 3.63) is 24.3 Å². The Bertz CT molecular complexity index is 982. The molecule has 0 spiro atoms. The molecule has 1 saturated heterocycles. The van der Waals surface area contributed by atoms with Crippen LogP contribution in [0.15, 0.2) is 18.6 Å². The third-order valence-electron chi connectivity index (χ3n) is 6.92. The van der Waals surface area contributed by atoms with Crippen LogP contribution in [0.1, 0.15) is 71.3 Å². The molecule has 1 saturated carbocycles. The molecule has 0 radical (unpaired) electrons. The highest BCUT2D eigenvalue weighted by Gasteiger charge is 2.69. The van der Waals surface area contributed by atoms with E-state index >= 15 is 0 Å². The average Bonchev–Trinajstić information content (AvgIpc) is 3.10. The van der Waals surface area contributed by atoms with Crippen LogP contribution >= 0.6 is 8.25 Å². The van der Waals surface area contributed by atoms with Gasteiger partial charge in [0.25, 0.3) is 5.91 Å². The summed E-state index contributed by atoms with van der Waals surface area (Å²) in [5, 5.41) is 5.49. The highest BCUT2D eigenvalue weighted by Crippen LogP contribution is 2.62. The summed E-state index contributed by atoms with van der Waals surface area (Å²) in [6, 6.07) is -1.84. The first-order valence-corrected chi connectivity index (χ1v) is 12.9. The van der Waals surface area contributed by atoms with Crippen LogP contribution in [0.3, 0.4) is 0 Å². The Hall–Kier alpha value is -2.49. The lowest BCUT2D eigenvalue weighted by molar-refractivity contribution is -0.145. The molecule has 192 valence electrons. The lowest BCUT2D eigenvalue weighted by Gasteiger charge is -2.38. The van der Waals surface area contributed by atoms with E-state index in [2.05, 4.69) is 34.4 Å². The van der Waals surface area contributed by atoms with E-state index < -0.39 is 43.8 Å². The number of likely N-dealkylation sites (tertiary alicyclic amines) is 1. The first kappa shape index (κ1) is 27.1. The van der Waals surface area contributed by atoms with E-state index in [4.69, 9.17) is 9.42 Å². The number of hydrogen-bond donors (Lipinski definition) is 3. The number of hydrogen-bond acceptors (Lipinski definition) is 7. The normalized spacial score (nSPS) is 24.7. The van der Waals surface area contributed by atoms with Gasteiger partial charge in [0, 0.05) is 23.0 Å². The largest absolute Gasteiger partial charge is 0.696 e. The summed E-state index contributed by atoms with van der Waals surface area (Å²) in [6.07, 6.45) is 4.69. The van der Waals surface area contributed by atoms with E-state index in [0.717, 1.165) is 0 Å². The maximum Gasteiger partial charge on any atom is 0.696 e. The zero-order valence-electron chi connectivity index (χ0n) is 21.0. The first-order chi connectivity index (χ1) is 16.3. The molecule has 2 heterocycles. The van der Waals surface area contributed by atoms with E-state index in [0.29, 0.717) is 19.3 Å². The molecule has 1 aliphatic carbocycles. The van der Waals surface area contributed by atoms with Gasteiger partial charge in [-0.1, -0.05) is 52.5 Å². The van der Waals surface area contributed by atoms with Gasteiger partial charge in [-0.3, -0.25) is 19.4 Å². The molecule has 2 aliphatic rings. The number of carbonyl (C=O) groups excluding carboxylic acids is 3. The van der Waals surface area contributed by atoms with Crippen molar-refractivity contribution in [1.82, 2.24) is 25.5 Å². The minimum Gasteiger partial charge on any atom is -0.338 e. The molecule has 11 nitrogen and oxygen atoms in total. The summed E-state index contributed by atoms with van der Waals surface area (Å²) >= 11 is 0. The lowest BCUT2D eigenvalue weighted by Crippen LogP contribution is -2.60. The van der Waals surface area contributed by atoms with Gasteiger partial charge in [0.1, 0.15) is 17.8 Å². The molecule has 3 N–H and O–H groups in total.